The predicted molar refractivity (Wildman–Crippen MR) is 96.4 cm³/mol. The summed E-state index contributed by atoms with van der Waals surface area (Å²) in [6.07, 6.45) is 8.93. The molecule has 0 aromatic heterocycles. The molecule has 4 rings (SSSR count). The molecule has 3 heterocycles. The number of carbonyl (C=O) groups is 1. The normalized spacial score (nSPS) is 41.3. The van der Waals surface area contributed by atoms with Crippen molar-refractivity contribution in [1.29, 1.82) is 0 Å². The number of hydrogen-bond acceptors (Lipinski definition) is 2. The molecule has 0 spiro atoms. The van der Waals surface area contributed by atoms with Crippen molar-refractivity contribution in [3.05, 3.63) is 0 Å². The van der Waals surface area contributed by atoms with Crippen molar-refractivity contribution in [2.45, 2.75) is 102 Å². The van der Waals surface area contributed by atoms with Gasteiger partial charge in [0.2, 0.25) is 5.91 Å². The van der Waals surface area contributed by atoms with Crippen LogP contribution in [-0.2, 0) is 4.79 Å². The SMILES string of the molecule is CC(C)N1C(=O)CCC2CC3(N)[B]C(C(C)C)(CCCCC21)C3. The molecule has 4 aliphatic rings. The summed E-state index contributed by atoms with van der Waals surface area (Å²) in [6, 6.07) is 0.726. The number of nitrogens with zero attached hydrogens (tertiary/aromatic N) is 1. The summed E-state index contributed by atoms with van der Waals surface area (Å²) in [7, 11) is 2.50. The van der Waals surface area contributed by atoms with Crippen LogP contribution in [0.3, 0.4) is 0 Å². The van der Waals surface area contributed by atoms with E-state index in [1.807, 2.05) is 0 Å². The molecule has 1 radical (unpaired) electrons. The molecule has 4 atom stereocenters. The van der Waals surface area contributed by atoms with Crippen LogP contribution < -0.4 is 5.73 Å². The minimum absolute atomic E-state index is 0.0897. The fourth-order valence-corrected chi connectivity index (χ4v) is 5.73. The number of piperidine rings is 1. The first-order valence-electron chi connectivity index (χ1n) is 9.73. The van der Waals surface area contributed by atoms with E-state index in [2.05, 4.69) is 39.9 Å². The lowest BCUT2D eigenvalue weighted by molar-refractivity contribution is -0.142. The first kappa shape index (κ1) is 17.3. The van der Waals surface area contributed by atoms with E-state index >= 15 is 0 Å². The summed E-state index contributed by atoms with van der Waals surface area (Å²) in [5.74, 6) is 1.63. The van der Waals surface area contributed by atoms with E-state index in [0.717, 1.165) is 19.3 Å². The lowest BCUT2D eigenvalue weighted by Crippen LogP contribution is -2.66. The molecule has 1 saturated carbocycles. The van der Waals surface area contributed by atoms with Gasteiger partial charge in [-0.05, 0) is 56.8 Å². The van der Waals surface area contributed by atoms with Crippen LogP contribution in [0.2, 0.25) is 5.31 Å². The molecule has 0 aromatic carbocycles. The van der Waals surface area contributed by atoms with E-state index in [-0.39, 0.29) is 5.44 Å². The van der Waals surface area contributed by atoms with Gasteiger partial charge in [0, 0.05) is 18.5 Å². The smallest absolute Gasteiger partial charge is 0.223 e. The van der Waals surface area contributed by atoms with Crippen molar-refractivity contribution < 1.29 is 4.79 Å². The second-order valence-corrected chi connectivity index (χ2v) is 9.15. The third-order valence-corrected chi connectivity index (χ3v) is 6.89. The highest BCUT2D eigenvalue weighted by Gasteiger charge is 2.56. The molecule has 23 heavy (non-hydrogen) atoms. The van der Waals surface area contributed by atoms with Crippen molar-refractivity contribution in [1.82, 2.24) is 4.90 Å². The fourth-order valence-electron chi connectivity index (χ4n) is 5.73. The minimum Gasteiger partial charge on any atom is -0.337 e. The molecular weight excluding hydrogens is 283 g/mol. The number of likely N-dealkylation sites (tertiary alicyclic amines) is 1. The molecule has 1 amide bonds. The van der Waals surface area contributed by atoms with Gasteiger partial charge in [-0.15, -0.1) is 0 Å². The lowest BCUT2D eigenvalue weighted by Gasteiger charge is -2.59. The van der Waals surface area contributed by atoms with E-state index in [9.17, 15) is 4.79 Å². The van der Waals surface area contributed by atoms with Gasteiger partial charge in [0.15, 0.2) is 0 Å². The van der Waals surface area contributed by atoms with Gasteiger partial charge in [-0.1, -0.05) is 38.4 Å². The van der Waals surface area contributed by atoms with Gasteiger partial charge in [-0.3, -0.25) is 4.79 Å². The lowest BCUT2D eigenvalue weighted by atomic mass is 9.23. The Bertz CT molecular complexity index is 456. The molecule has 3 nitrogen and oxygen atoms in total. The van der Waals surface area contributed by atoms with Gasteiger partial charge in [-0.2, -0.15) is 0 Å². The van der Waals surface area contributed by atoms with Crippen LogP contribution in [0, 0.1) is 11.8 Å². The molecule has 4 fully saturated rings. The summed E-state index contributed by atoms with van der Waals surface area (Å²) in [5.41, 5.74) is 6.67. The third-order valence-electron chi connectivity index (χ3n) is 6.89. The van der Waals surface area contributed by atoms with Crippen molar-refractivity contribution in [3.8, 4) is 0 Å². The molecular formula is C19H34BN2O. The number of rotatable bonds is 2. The van der Waals surface area contributed by atoms with Crippen LogP contribution in [-0.4, -0.2) is 35.6 Å². The van der Waals surface area contributed by atoms with Crippen LogP contribution in [0.4, 0.5) is 0 Å². The number of fused-ring (bicyclic) bond motifs is 3. The Morgan fingerprint density at radius 2 is 1.91 bits per heavy atom. The maximum atomic E-state index is 12.4. The van der Waals surface area contributed by atoms with Crippen molar-refractivity contribution in [2.75, 3.05) is 0 Å². The Morgan fingerprint density at radius 1 is 1.22 bits per heavy atom. The zero-order chi connectivity index (χ0) is 16.8. The fraction of sp³-hybridized carbons (Fsp3) is 0.947. The Labute approximate surface area is 143 Å². The number of hydrogen-bond donors (Lipinski definition) is 1. The summed E-state index contributed by atoms with van der Waals surface area (Å²) >= 11 is 0. The summed E-state index contributed by atoms with van der Waals surface area (Å²) in [4.78, 5) is 14.6. The molecule has 3 aliphatic heterocycles. The minimum atomic E-state index is -0.0897. The van der Waals surface area contributed by atoms with Crippen LogP contribution >= 0.6 is 0 Å². The maximum absolute atomic E-state index is 12.4. The summed E-state index contributed by atoms with van der Waals surface area (Å²) in [5, 5.41) is 0.379. The zero-order valence-corrected chi connectivity index (χ0v) is 15.5. The highest BCUT2D eigenvalue weighted by molar-refractivity contribution is 6.49. The molecule has 129 valence electrons. The van der Waals surface area contributed by atoms with Crippen LogP contribution in [0.1, 0.15) is 79.1 Å². The van der Waals surface area contributed by atoms with Crippen LogP contribution in [0.25, 0.3) is 0 Å². The number of nitrogens with two attached hydrogens (primary N) is 1. The van der Waals surface area contributed by atoms with Gasteiger partial charge < -0.3 is 10.6 Å². The standard InChI is InChI=1S/C19H34BN2O/c1-13(2)18-10-6-5-7-16-15(11-19(21,12-18)20-18)8-9-17(23)22(16)14(3)4/h13-16H,5-12,21H2,1-4H3. The average molecular weight is 317 g/mol. The third kappa shape index (κ3) is 3.08. The second-order valence-electron chi connectivity index (χ2n) is 9.15. The van der Waals surface area contributed by atoms with E-state index in [0.29, 0.717) is 41.6 Å². The predicted octanol–water partition coefficient (Wildman–Crippen LogP) is 3.54. The zero-order valence-electron chi connectivity index (χ0n) is 15.5. The first-order valence-corrected chi connectivity index (χ1v) is 9.73. The molecule has 0 aromatic rings. The van der Waals surface area contributed by atoms with E-state index in [1.165, 1.54) is 25.7 Å². The topological polar surface area (TPSA) is 46.3 Å². The molecule has 4 heteroatoms. The van der Waals surface area contributed by atoms with Crippen LogP contribution in [0.15, 0.2) is 0 Å². The van der Waals surface area contributed by atoms with Gasteiger partial charge in [0.1, 0.15) is 7.28 Å². The van der Waals surface area contributed by atoms with Gasteiger partial charge in [-0.25, -0.2) is 0 Å². The molecule has 1 aliphatic carbocycles. The number of amides is 1. The van der Waals surface area contributed by atoms with Gasteiger partial charge in [0.05, 0.1) is 0 Å². The molecule has 2 N–H and O–H groups in total. The monoisotopic (exact) mass is 317 g/mol. The maximum Gasteiger partial charge on any atom is 0.223 e. The molecule has 2 bridgehead atoms. The Hall–Kier alpha value is -0.505. The first-order chi connectivity index (χ1) is 10.8. The Morgan fingerprint density at radius 3 is 2.52 bits per heavy atom. The summed E-state index contributed by atoms with van der Waals surface area (Å²) < 4.78 is 0. The van der Waals surface area contributed by atoms with Crippen LogP contribution in [0.5, 0.6) is 0 Å². The highest BCUT2D eigenvalue weighted by Crippen LogP contribution is 2.58. The Kier molecular flexibility index (Phi) is 4.59. The Balaban J connectivity index is 1.80. The van der Waals surface area contributed by atoms with E-state index in [1.54, 1.807) is 0 Å². The van der Waals surface area contributed by atoms with Gasteiger partial charge >= 0.3 is 0 Å². The largest absolute Gasteiger partial charge is 0.337 e. The summed E-state index contributed by atoms with van der Waals surface area (Å²) in [6.45, 7) is 9.03. The quantitative estimate of drug-likeness (QED) is 0.792. The van der Waals surface area contributed by atoms with Crippen molar-refractivity contribution in [2.24, 2.45) is 17.6 Å². The second kappa shape index (κ2) is 6.09. The van der Waals surface area contributed by atoms with Gasteiger partial charge in [0.25, 0.3) is 0 Å². The van der Waals surface area contributed by atoms with Crippen molar-refractivity contribution >= 4 is 13.2 Å². The number of carbonyl (C=O) groups excluding carboxylic acids is 1. The average Bonchev–Trinajstić information content (AvgIpc) is 2.43. The van der Waals surface area contributed by atoms with E-state index < -0.39 is 0 Å². The van der Waals surface area contributed by atoms with Crippen molar-refractivity contribution in [3.63, 3.8) is 0 Å². The molecule has 3 saturated heterocycles. The van der Waals surface area contributed by atoms with E-state index in [4.69, 9.17) is 5.73 Å². The molecule has 4 unspecified atom stereocenters. The highest BCUT2D eigenvalue weighted by atomic mass is 16.2.